The molecule has 0 spiro atoms. The van der Waals surface area contributed by atoms with Crippen LogP contribution in [-0.2, 0) is 0 Å². The number of carbonyl (C=O) groups excluding carboxylic acids is 1. The molecular formula is C24H20ClFN6O3. The molecule has 1 fully saturated rings. The quantitative estimate of drug-likeness (QED) is 0.304. The summed E-state index contributed by atoms with van der Waals surface area (Å²) in [6.45, 7) is 1.53. The molecule has 2 aromatic heterocycles. The van der Waals surface area contributed by atoms with Crippen LogP contribution in [0.25, 0.3) is 11.5 Å². The maximum absolute atomic E-state index is 14.6. The van der Waals surface area contributed by atoms with Crippen molar-refractivity contribution in [2.45, 2.75) is 0 Å². The number of hydrogen-bond acceptors (Lipinski definition) is 5. The van der Waals surface area contributed by atoms with Gasteiger partial charge in [-0.15, -0.1) is 0 Å². The standard InChI is InChI=1S/C24H20ClFN6O3/c25-17-7-8-21(22(15-17)32(34)35)28-11-13-30(14-12-28)24(33)18-16-27-31(20-6-2-1-5-19(20)26)23(18)29-9-3-4-10-29/h1-10,15-16H,11-14H2. The third-order valence-electron chi connectivity index (χ3n) is 5.95. The lowest BCUT2D eigenvalue weighted by atomic mass is 10.2. The van der Waals surface area contributed by atoms with E-state index in [1.54, 1.807) is 52.2 Å². The fraction of sp³-hybridized carbons (Fsp3) is 0.167. The molecule has 0 N–H and O–H groups in total. The van der Waals surface area contributed by atoms with Crippen LogP contribution in [0.5, 0.6) is 0 Å². The van der Waals surface area contributed by atoms with E-state index in [9.17, 15) is 19.3 Å². The molecule has 0 radical (unpaired) electrons. The highest BCUT2D eigenvalue weighted by Gasteiger charge is 2.29. The average Bonchev–Trinajstić information content (AvgIpc) is 3.54. The van der Waals surface area contributed by atoms with Crippen LogP contribution in [-0.4, -0.2) is 56.3 Å². The van der Waals surface area contributed by atoms with Crippen molar-refractivity contribution >= 4 is 28.9 Å². The Hall–Kier alpha value is -4.18. The molecule has 5 rings (SSSR count). The molecule has 9 nitrogen and oxygen atoms in total. The highest BCUT2D eigenvalue weighted by atomic mass is 35.5. The fourth-order valence-electron chi connectivity index (χ4n) is 4.25. The Bertz CT molecular complexity index is 1400. The first-order valence-electron chi connectivity index (χ1n) is 10.9. The van der Waals surface area contributed by atoms with E-state index in [2.05, 4.69) is 5.10 Å². The summed E-state index contributed by atoms with van der Waals surface area (Å²) in [4.78, 5) is 28.1. The highest BCUT2D eigenvalue weighted by Crippen LogP contribution is 2.32. The molecular weight excluding hydrogens is 475 g/mol. The van der Waals surface area contributed by atoms with Crippen molar-refractivity contribution in [3.8, 4) is 11.5 Å². The van der Waals surface area contributed by atoms with E-state index in [1.807, 2.05) is 17.0 Å². The van der Waals surface area contributed by atoms with Gasteiger partial charge in [-0.3, -0.25) is 14.9 Å². The number of nitro groups is 1. The first kappa shape index (κ1) is 22.6. The molecule has 35 heavy (non-hydrogen) atoms. The second kappa shape index (κ2) is 9.22. The number of carbonyl (C=O) groups is 1. The van der Waals surface area contributed by atoms with Crippen molar-refractivity contribution in [1.82, 2.24) is 19.2 Å². The number of nitro benzene ring substituents is 1. The molecule has 4 aromatic rings. The molecule has 178 valence electrons. The minimum atomic E-state index is -0.459. The van der Waals surface area contributed by atoms with E-state index < -0.39 is 10.7 Å². The van der Waals surface area contributed by atoms with Gasteiger partial charge in [-0.05, 0) is 36.4 Å². The Labute approximate surface area is 204 Å². The SMILES string of the molecule is O=C(c1cnn(-c2ccccc2F)c1-n1cccc1)N1CCN(c2ccc(Cl)cc2[N+](=O)[O-])CC1. The van der Waals surface area contributed by atoms with Gasteiger partial charge in [0.2, 0.25) is 0 Å². The monoisotopic (exact) mass is 494 g/mol. The molecule has 0 unspecified atom stereocenters. The summed E-state index contributed by atoms with van der Waals surface area (Å²) in [5.41, 5.74) is 0.954. The van der Waals surface area contributed by atoms with Gasteiger partial charge in [0.05, 0.1) is 11.1 Å². The summed E-state index contributed by atoms with van der Waals surface area (Å²) >= 11 is 5.94. The van der Waals surface area contributed by atoms with Crippen molar-refractivity contribution in [1.29, 1.82) is 0 Å². The molecule has 1 aliphatic rings. The third-order valence-corrected chi connectivity index (χ3v) is 6.18. The average molecular weight is 495 g/mol. The minimum absolute atomic E-state index is 0.0710. The molecule has 0 atom stereocenters. The Morgan fingerprint density at radius 1 is 1.00 bits per heavy atom. The number of halogens is 2. The van der Waals surface area contributed by atoms with Crippen molar-refractivity contribution in [2.75, 3.05) is 31.1 Å². The summed E-state index contributed by atoms with van der Waals surface area (Å²) < 4.78 is 17.7. The number of anilines is 1. The Morgan fingerprint density at radius 3 is 2.40 bits per heavy atom. The zero-order chi connectivity index (χ0) is 24.5. The largest absolute Gasteiger partial charge is 0.362 e. The van der Waals surface area contributed by atoms with E-state index in [-0.39, 0.29) is 17.3 Å². The fourth-order valence-corrected chi connectivity index (χ4v) is 4.41. The van der Waals surface area contributed by atoms with Crippen molar-refractivity contribution in [3.63, 3.8) is 0 Å². The number of amides is 1. The summed E-state index contributed by atoms with van der Waals surface area (Å²) in [7, 11) is 0. The van der Waals surface area contributed by atoms with Gasteiger partial charge in [0, 0.05) is 49.7 Å². The van der Waals surface area contributed by atoms with Gasteiger partial charge in [-0.25, -0.2) is 9.07 Å². The second-order valence-electron chi connectivity index (χ2n) is 8.00. The highest BCUT2D eigenvalue weighted by molar-refractivity contribution is 6.30. The molecule has 3 heterocycles. The van der Waals surface area contributed by atoms with Gasteiger partial charge >= 0.3 is 0 Å². The maximum atomic E-state index is 14.6. The molecule has 2 aromatic carbocycles. The predicted octanol–water partition coefficient (Wildman–Crippen LogP) is 4.33. The van der Waals surface area contributed by atoms with Crippen molar-refractivity contribution < 1.29 is 14.1 Å². The number of hydrogen-bond donors (Lipinski definition) is 0. The Balaban J connectivity index is 1.42. The Kier molecular flexibility index (Phi) is 5.96. The topological polar surface area (TPSA) is 89.4 Å². The van der Waals surface area contributed by atoms with Gasteiger partial charge in [0.15, 0.2) is 5.82 Å². The number of piperazine rings is 1. The maximum Gasteiger partial charge on any atom is 0.294 e. The first-order valence-corrected chi connectivity index (χ1v) is 11.3. The van der Waals surface area contributed by atoms with E-state index in [0.717, 1.165) is 0 Å². The number of nitrogens with zero attached hydrogens (tertiary/aromatic N) is 6. The molecule has 1 saturated heterocycles. The smallest absolute Gasteiger partial charge is 0.294 e. The third kappa shape index (κ3) is 4.24. The van der Waals surface area contributed by atoms with Crippen LogP contribution < -0.4 is 4.90 Å². The molecule has 0 saturated carbocycles. The minimum Gasteiger partial charge on any atom is -0.362 e. The van der Waals surface area contributed by atoms with Crippen LogP contribution in [0.1, 0.15) is 10.4 Å². The summed E-state index contributed by atoms with van der Waals surface area (Å²) in [6, 6.07) is 14.4. The van der Waals surface area contributed by atoms with Crippen LogP contribution in [0, 0.1) is 15.9 Å². The lowest BCUT2D eigenvalue weighted by Crippen LogP contribution is -2.49. The zero-order valence-corrected chi connectivity index (χ0v) is 19.2. The summed E-state index contributed by atoms with van der Waals surface area (Å²) in [5, 5.41) is 16.1. The number of aromatic nitrogens is 3. The van der Waals surface area contributed by atoms with Crippen LogP contribution in [0.3, 0.4) is 0 Å². The van der Waals surface area contributed by atoms with Crippen molar-refractivity contribution in [2.24, 2.45) is 0 Å². The molecule has 0 bridgehead atoms. The van der Waals surface area contributed by atoms with E-state index in [0.29, 0.717) is 48.3 Å². The van der Waals surface area contributed by atoms with Crippen LogP contribution in [0.4, 0.5) is 15.8 Å². The number of benzene rings is 2. The molecule has 11 heteroatoms. The van der Waals surface area contributed by atoms with Gasteiger partial charge in [0.1, 0.15) is 22.8 Å². The van der Waals surface area contributed by atoms with Gasteiger partial charge in [-0.1, -0.05) is 23.7 Å². The summed E-state index contributed by atoms with van der Waals surface area (Å²) in [6.07, 6.45) is 4.98. The second-order valence-corrected chi connectivity index (χ2v) is 8.44. The van der Waals surface area contributed by atoms with Gasteiger partial charge in [-0.2, -0.15) is 5.10 Å². The van der Waals surface area contributed by atoms with E-state index in [1.165, 1.54) is 23.0 Å². The Morgan fingerprint density at radius 2 is 1.71 bits per heavy atom. The van der Waals surface area contributed by atoms with Crippen molar-refractivity contribution in [3.05, 3.63) is 99.7 Å². The molecule has 0 aliphatic carbocycles. The number of para-hydroxylation sites is 1. The van der Waals surface area contributed by atoms with E-state index in [4.69, 9.17) is 11.6 Å². The lowest BCUT2D eigenvalue weighted by Gasteiger charge is -2.35. The van der Waals surface area contributed by atoms with Crippen LogP contribution in [0.2, 0.25) is 5.02 Å². The lowest BCUT2D eigenvalue weighted by molar-refractivity contribution is -0.384. The van der Waals surface area contributed by atoms with Crippen LogP contribution >= 0.6 is 11.6 Å². The zero-order valence-electron chi connectivity index (χ0n) is 18.4. The number of rotatable bonds is 5. The summed E-state index contributed by atoms with van der Waals surface area (Å²) in [5.74, 6) is -0.274. The first-order chi connectivity index (χ1) is 16.9. The molecule has 1 aliphatic heterocycles. The van der Waals surface area contributed by atoms with Gasteiger partial charge in [0.25, 0.3) is 11.6 Å². The molecule has 1 amide bonds. The normalized spacial score (nSPS) is 13.8. The van der Waals surface area contributed by atoms with Crippen LogP contribution in [0.15, 0.2) is 73.2 Å². The van der Waals surface area contributed by atoms with Gasteiger partial charge < -0.3 is 14.4 Å². The predicted molar refractivity (Wildman–Crippen MR) is 129 cm³/mol. The van der Waals surface area contributed by atoms with E-state index >= 15 is 0 Å².